The van der Waals surface area contributed by atoms with Crippen LogP contribution in [0.1, 0.15) is 5.56 Å². The van der Waals surface area contributed by atoms with Gasteiger partial charge in [0.1, 0.15) is 0 Å². The molecular weight excluding hydrogens is 286 g/mol. The first kappa shape index (κ1) is 12.0. The standard InChI is InChI=1S/C11H14BrN3S/c1-8-6-9(12)4-5-10(8)13-11-15(3)14(2)7-16-11/h4-6H,7H2,1-3H3. The Morgan fingerprint density at radius 3 is 2.69 bits per heavy atom. The first-order valence-electron chi connectivity index (χ1n) is 5.00. The van der Waals surface area contributed by atoms with Crippen LogP contribution in [0, 0.1) is 6.92 Å². The molecule has 1 aromatic rings. The Labute approximate surface area is 109 Å². The number of amidine groups is 1. The van der Waals surface area contributed by atoms with E-state index in [1.807, 2.05) is 19.2 Å². The predicted octanol–water partition coefficient (Wildman–Crippen LogP) is 3.23. The minimum atomic E-state index is 0.963. The highest BCUT2D eigenvalue weighted by Gasteiger charge is 2.20. The third-order valence-electron chi connectivity index (χ3n) is 2.54. The second-order valence-corrected chi connectivity index (χ2v) is 5.61. The molecule has 0 aromatic heterocycles. The molecule has 5 heteroatoms. The van der Waals surface area contributed by atoms with Crippen LogP contribution in [0.5, 0.6) is 0 Å². The fourth-order valence-electron chi connectivity index (χ4n) is 1.43. The molecule has 0 amide bonds. The van der Waals surface area contributed by atoms with Crippen LogP contribution in [0.2, 0.25) is 0 Å². The van der Waals surface area contributed by atoms with Gasteiger partial charge in [-0.15, -0.1) is 0 Å². The molecule has 1 saturated heterocycles. The van der Waals surface area contributed by atoms with E-state index in [4.69, 9.17) is 0 Å². The summed E-state index contributed by atoms with van der Waals surface area (Å²) >= 11 is 5.21. The van der Waals surface area contributed by atoms with E-state index in [1.165, 1.54) is 5.56 Å². The highest BCUT2D eigenvalue weighted by Crippen LogP contribution is 2.27. The molecule has 1 aliphatic rings. The summed E-state index contributed by atoms with van der Waals surface area (Å²) < 4.78 is 1.10. The van der Waals surface area contributed by atoms with Crippen LogP contribution < -0.4 is 0 Å². The minimum absolute atomic E-state index is 0.963. The van der Waals surface area contributed by atoms with Gasteiger partial charge in [-0.2, -0.15) is 0 Å². The van der Waals surface area contributed by atoms with Gasteiger partial charge in [-0.25, -0.2) is 10.0 Å². The zero-order chi connectivity index (χ0) is 11.7. The van der Waals surface area contributed by atoms with Crippen molar-refractivity contribution < 1.29 is 0 Å². The molecule has 0 aliphatic carbocycles. The Bertz CT molecular complexity index is 433. The molecule has 0 radical (unpaired) electrons. The molecule has 16 heavy (non-hydrogen) atoms. The average Bonchev–Trinajstić information content (AvgIpc) is 2.54. The van der Waals surface area contributed by atoms with Crippen molar-refractivity contribution >= 4 is 38.5 Å². The molecule has 0 bridgehead atoms. The number of hydrogen-bond acceptors (Lipinski definition) is 3. The summed E-state index contributed by atoms with van der Waals surface area (Å²) in [6, 6.07) is 6.15. The largest absolute Gasteiger partial charge is 0.287 e. The summed E-state index contributed by atoms with van der Waals surface area (Å²) in [5, 5.41) is 5.26. The van der Waals surface area contributed by atoms with Gasteiger partial charge in [0.2, 0.25) is 0 Å². The van der Waals surface area contributed by atoms with E-state index in [2.05, 4.69) is 51.0 Å². The maximum Gasteiger partial charge on any atom is 0.180 e. The zero-order valence-corrected chi connectivity index (χ0v) is 12.0. The third-order valence-corrected chi connectivity index (χ3v) is 4.15. The van der Waals surface area contributed by atoms with E-state index in [0.29, 0.717) is 0 Å². The van der Waals surface area contributed by atoms with E-state index in [-0.39, 0.29) is 0 Å². The van der Waals surface area contributed by atoms with Crippen LogP contribution in [0.25, 0.3) is 0 Å². The van der Waals surface area contributed by atoms with Crippen LogP contribution in [0.3, 0.4) is 0 Å². The zero-order valence-electron chi connectivity index (χ0n) is 9.57. The maximum atomic E-state index is 4.67. The van der Waals surface area contributed by atoms with Crippen LogP contribution in [-0.2, 0) is 0 Å². The van der Waals surface area contributed by atoms with Crippen molar-refractivity contribution in [1.29, 1.82) is 0 Å². The van der Waals surface area contributed by atoms with Crippen molar-refractivity contribution in [2.45, 2.75) is 6.92 Å². The quantitative estimate of drug-likeness (QED) is 0.793. The number of aryl methyl sites for hydroxylation is 1. The summed E-state index contributed by atoms with van der Waals surface area (Å²) in [5.74, 6) is 0.963. The Morgan fingerprint density at radius 1 is 1.38 bits per heavy atom. The molecule has 1 heterocycles. The highest BCUT2D eigenvalue weighted by molar-refractivity contribution is 9.10. The van der Waals surface area contributed by atoms with Crippen molar-refractivity contribution in [3.8, 4) is 0 Å². The maximum absolute atomic E-state index is 4.67. The molecule has 1 fully saturated rings. The summed E-state index contributed by atoms with van der Waals surface area (Å²) in [4.78, 5) is 4.67. The van der Waals surface area contributed by atoms with E-state index in [9.17, 15) is 0 Å². The van der Waals surface area contributed by atoms with Gasteiger partial charge in [0.25, 0.3) is 0 Å². The van der Waals surface area contributed by atoms with Gasteiger partial charge in [0.15, 0.2) is 5.17 Å². The van der Waals surface area contributed by atoms with Crippen LogP contribution in [0.15, 0.2) is 27.7 Å². The average molecular weight is 300 g/mol. The number of hydrogen-bond donors (Lipinski definition) is 0. The molecule has 1 aliphatic heterocycles. The number of rotatable bonds is 1. The lowest BCUT2D eigenvalue weighted by molar-refractivity contribution is 0.149. The Morgan fingerprint density at radius 2 is 2.12 bits per heavy atom. The topological polar surface area (TPSA) is 18.8 Å². The number of aliphatic imine (C=N–C) groups is 1. The van der Waals surface area contributed by atoms with Crippen molar-refractivity contribution in [2.24, 2.45) is 4.99 Å². The number of hydrazine groups is 1. The molecule has 1 aromatic carbocycles. The van der Waals surface area contributed by atoms with E-state index in [0.717, 1.165) is 21.2 Å². The van der Waals surface area contributed by atoms with Crippen LogP contribution in [0.4, 0.5) is 5.69 Å². The molecular formula is C11H14BrN3S. The molecule has 0 N–H and O–H groups in total. The Kier molecular flexibility index (Phi) is 3.56. The number of thioether (sulfide) groups is 1. The van der Waals surface area contributed by atoms with Gasteiger partial charge in [-0.1, -0.05) is 27.7 Å². The lowest BCUT2D eigenvalue weighted by Crippen LogP contribution is -2.31. The molecule has 0 spiro atoms. The van der Waals surface area contributed by atoms with Crippen LogP contribution >= 0.6 is 27.7 Å². The predicted molar refractivity (Wildman–Crippen MR) is 74.0 cm³/mol. The lowest BCUT2D eigenvalue weighted by atomic mass is 10.2. The molecule has 86 valence electrons. The van der Waals surface area contributed by atoms with Crippen molar-refractivity contribution in [1.82, 2.24) is 10.0 Å². The van der Waals surface area contributed by atoms with Gasteiger partial charge in [-0.05, 0) is 30.7 Å². The second kappa shape index (κ2) is 4.77. The summed E-state index contributed by atoms with van der Waals surface area (Å²) in [6.45, 7) is 2.08. The van der Waals surface area contributed by atoms with Gasteiger partial charge in [-0.3, -0.25) is 5.01 Å². The van der Waals surface area contributed by atoms with Crippen molar-refractivity contribution in [3.05, 3.63) is 28.2 Å². The summed E-state index contributed by atoms with van der Waals surface area (Å²) in [6.07, 6.45) is 0. The van der Waals surface area contributed by atoms with E-state index in [1.54, 1.807) is 11.8 Å². The van der Waals surface area contributed by atoms with E-state index >= 15 is 0 Å². The normalized spacial score (nSPS) is 19.8. The lowest BCUT2D eigenvalue weighted by Gasteiger charge is -2.19. The number of nitrogens with zero attached hydrogens (tertiary/aromatic N) is 3. The number of benzene rings is 1. The van der Waals surface area contributed by atoms with Gasteiger partial charge in [0.05, 0.1) is 11.6 Å². The summed E-state index contributed by atoms with van der Waals surface area (Å²) in [7, 11) is 4.09. The smallest absolute Gasteiger partial charge is 0.180 e. The molecule has 0 saturated carbocycles. The van der Waals surface area contributed by atoms with E-state index < -0.39 is 0 Å². The van der Waals surface area contributed by atoms with Gasteiger partial charge in [0, 0.05) is 18.6 Å². The van der Waals surface area contributed by atoms with Gasteiger partial charge >= 0.3 is 0 Å². The minimum Gasteiger partial charge on any atom is -0.287 e. The Balaban J connectivity index is 2.29. The van der Waals surface area contributed by atoms with Crippen LogP contribution in [-0.4, -0.2) is 35.2 Å². The Hall–Kier alpha value is -0.520. The monoisotopic (exact) mass is 299 g/mol. The first-order valence-corrected chi connectivity index (χ1v) is 6.78. The number of halogens is 1. The fourth-order valence-corrected chi connectivity index (χ4v) is 2.87. The van der Waals surface area contributed by atoms with Gasteiger partial charge < -0.3 is 0 Å². The SMILES string of the molecule is Cc1cc(Br)ccc1N=C1SCN(C)N1C. The molecule has 3 nitrogen and oxygen atoms in total. The third kappa shape index (κ3) is 2.42. The molecule has 0 atom stereocenters. The highest BCUT2D eigenvalue weighted by atomic mass is 79.9. The molecule has 2 rings (SSSR count). The second-order valence-electron chi connectivity index (χ2n) is 3.78. The molecule has 0 unspecified atom stereocenters. The van der Waals surface area contributed by atoms with Crippen molar-refractivity contribution in [3.63, 3.8) is 0 Å². The first-order chi connectivity index (χ1) is 7.58. The van der Waals surface area contributed by atoms with Crippen molar-refractivity contribution in [2.75, 3.05) is 20.0 Å². The summed E-state index contributed by atoms with van der Waals surface area (Å²) in [5.41, 5.74) is 2.22. The fraction of sp³-hybridized carbons (Fsp3) is 0.364.